The molecule has 0 radical (unpaired) electrons. The maximum Gasteiger partial charge on any atom is 0.266 e. The molecule has 0 unspecified atom stereocenters. The predicted molar refractivity (Wildman–Crippen MR) is 81.0 cm³/mol. The van der Waals surface area contributed by atoms with Crippen LogP contribution in [0.25, 0.3) is 0 Å². The molecule has 0 spiro atoms. The van der Waals surface area contributed by atoms with E-state index in [1.54, 1.807) is 12.3 Å². The highest BCUT2D eigenvalue weighted by atomic mass is 16.2. The fourth-order valence-corrected chi connectivity index (χ4v) is 2.03. The van der Waals surface area contributed by atoms with E-state index in [2.05, 4.69) is 36.1 Å². The van der Waals surface area contributed by atoms with Crippen LogP contribution in [0.15, 0.2) is 18.3 Å². The molecule has 1 rings (SSSR count). The number of nitrogens with one attached hydrogen (secondary N) is 1. The van der Waals surface area contributed by atoms with Gasteiger partial charge >= 0.3 is 0 Å². The fraction of sp³-hybridized carbons (Fsp3) is 0.600. The summed E-state index contributed by atoms with van der Waals surface area (Å²) in [5.41, 5.74) is 3.56. The molecule has 0 fully saturated rings. The third-order valence-electron chi connectivity index (χ3n) is 3.36. The first-order chi connectivity index (χ1) is 9.58. The number of carbonyl (C=O) groups excluding carboxylic acids is 1. The first-order valence-corrected chi connectivity index (χ1v) is 7.28. The van der Waals surface area contributed by atoms with Gasteiger partial charge in [0.05, 0.1) is 11.3 Å². The summed E-state index contributed by atoms with van der Waals surface area (Å²) in [6.07, 6.45) is 5.27. The Balaban J connectivity index is 2.61. The van der Waals surface area contributed by atoms with Gasteiger partial charge in [0.1, 0.15) is 0 Å². The van der Waals surface area contributed by atoms with Crippen molar-refractivity contribution in [2.75, 3.05) is 6.54 Å². The molecule has 0 aliphatic rings. The second kappa shape index (κ2) is 8.66. The average molecular weight is 278 g/mol. The highest BCUT2D eigenvalue weighted by molar-refractivity contribution is 5.93. The van der Waals surface area contributed by atoms with Crippen LogP contribution in [0.3, 0.4) is 0 Å². The fourth-order valence-electron chi connectivity index (χ4n) is 2.03. The van der Waals surface area contributed by atoms with Gasteiger partial charge in [0.25, 0.3) is 5.91 Å². The summed E-state index contributed by atoms with van der Waals surface area (Å²) in [4.78, 5) is 18.1. The van der Waals surface area contributed by atoms with Gasteiger partial charge in [0.15, 0.2) is 0 Å². The topological polar surface area (TPSA) is 71.2 Å². The zero-order valence-electron chi connectivity index (χ0n) is 12.7. The molecule has 5 nitrogen and oxygen atoms in total. The third-order valence-corrected chi connectivity index (χ3v) is 3.36. The number of nitrogens with zero attached hydrogens (tertiary/aromatic N) is 2. The molecule has 1 aromatic heterocycles. The first kappa shape index (κ1) is 16.6. The van der Waals surface area contributed by atoms with Crippen LogP contribution >= 0.6 is 0 Å². The van der Waals surface area contributed by atoms with Crippen LogP contribution in [0, 0.1) is 0 Å². The van der Waals surface area contributed by atoms with E-state index in [0.717, 1.165) is 18.8 Å². The van der Waals surface area contributed by atoms with Crippen LogP contribution in [0.4, 0.5) is 0 Å². The number of amides is 1. The number of hydrazine groups is 1. The van der Waals surface area contributed by atoms with E-state index in [1.165, 1.54) is 19.3 Å². The number of hydrogen-bond acceptors (Lipinski definition) is 4. The van der Waals surface area contributed by atoms with Crippen molar-refractivity contribution in [3.8, 4) is 0 Å². The molecule has 112 valence electrons. The monoisotopic (exact) mass is 278 g/mol. The normalized spacial score (nSPS) is 11.1. The van der Waals surface area contributed by atoms with Crippen LogP contribution in [0.2, 0.25) is 0 Å². The van der Waals surface area contributed by atoms with Crippen molar-refractivity contribution >= 4 is 5.91 Å². The van der Waals surface area contributed by atoms with E-state index in [1.807, 2.05) is 6.07 Å². The Morgan fingerprint density at radius 1 is 1.40 bits per heavy atom. The minimum Gasteiger partial charge on any atom is -0.295 e. The van der Waals surface area contributed by atoms with Gasteiger partial charge in [-0.15, -0.1) is 0 Å². The minimum absolute atomic E-state index is 0.312. The largest absolute Gasteiger partial charge is 0.295 e. The lowest BCUT2D eigenvalue weighted by Gasteiger charge is -2.26. The van der Waals surface area contributed by atoms with Crippen molar-refractivity contribution in [1.29, 1.82) is 0 Å². The standard InChI is InChI=1S/C15H26N4O/c1-4-5-6-9-19(12(2)3)11-14-8-7-13(10-17-14)15(20)18-16/h7-8,10,12H,4-6,9,11,16H2,1-3H3,(H,18,20). The molecular formula is C15H26N4O. The molecule has 0 bridgehead atoms. The molecule has 0 saturated heterocycles. The van der Waals surface area contributed by atoms with Crippen LogP contribution in [-0.4, -0.2) is 28.4 Å². The highest BCUT2D eigenvalue weighted by Gasteiger charge is 2.11. The molecule has 0 aromatic carbocycles. The maximum absolute atomic E-state index is 11.3. The lowest BCUT2D eigenvalue weighted by molar-refractivity contribution is 0.0953. The summed E-state index contributed by atoms with van der Waals surface area (Å²) < 4.78 is 0. The van der Waals surface area contributed by atoms with Crippen LogP contribution < -0.4 is 11.3 Å². The molecule has 1 amide bonds. The van der Waals surface area contributed by atoms with Crippen molar-refractivity contribution < 1.29 is 4.79 Å². The summed E-state index contributed by atoms with van der Waals surface area (Å²) in [5, 5.41) is 0. The van der Waals surface area contributed by atoms with E-state index in [9.17, 15) is 4.79 Å². The summed E-state index contributed by atoms with van der Waals surface area (Å²) in [7, 11) is 0. The molecule has 0 atom stereocenters. The summed E-state index contributed by atoms with van der Waals surface area (Å²) >= 11 is 0. The molecule has 1 aromatic rings. The Bertz CT molecular complexity index is 403. The Labute approximate surface area is 121 Å². The van der Waals surface area contributed by atoms with E-state index >= 15 is 0 Å². The van der Waals surface area contributed by atoms with Crippen molar-refractivity contribution in [1.82, 2.24) is 15.3 Å². The van der Waals surface area contributed by atoms with Crippen molar-refractivity contribution in [3.63, 3.8) is 0 Å². The zero-order valence-corrected chi connectivity index (χ0v) is 12.7. The number of aromatic nitrogens is 1. The maximum atomic E-state index is 11.3. The van der Waals surface area contributed by atoms with E-state index < -0.39 is 0 Å². The Morgan fingerprint density at radius 3 is 2.65 bits per heavy atom. The van der Waals surface area contributed by atoms with Gasteiger partial charge in [-0.25, -0.2) is 5.84 Å². The molecule has 0 aliphatic carbocycles. The number of pyridine rings is 1. The summed E-state index contributed by atoms with van der Waals surface area (Å²) in [6, 6.07) is 4.13. The van der Waals surface area contributed by atoms with Gasteiger partial charge in [-0.1, -0.05) is 19.8 Å². The van der Waals surface area contributed by atoms with Crippen molar-refractivity contribution in [3.05, 3.63) is 29.6 Å². The van der Waals surface area contributed by atoms with Gasteiger partial charge in [0.2, 0.25) is 0 Å². The lowest BCUT2D eigenvalue weighted by Crippen LogP contribution is -2.32. The molecule has 0 saturated carbocycles. The summed E-state index contributed by atoms with van der Waals surface area (Å²) in [6.45, 7) is 8.50. The third kappa shape index (κ3) is 5.27. The van der Waals surface area contributed by atoms with Gasteiger partial charge < -0.3 is 0 Å². The van der Waals surface area contributed by atoms with E-state index in [-0.39, 0.29) is 5.91 Å². The number of rotatable bonds is 8. The lowest BCUT2D eigenvalue weighted by atomic mass is 10.2. The van der Waals surface area contributed by atoms with Gasteiger partial charge in [0, 0.05) is 18.8 Å². The first-order valence-electron chi connectivity index (χ1n) is 7.28. The second-order valence-electron chi connectivity index (χ2n) is 5.28. The molecule has 20 heavy (non-hydrogen) atoms. The average Bonchev–Trinajstić information content (AvgIpc) is 2.46. The molecule has 5 heteroatoms. The number of hydrogen-bond donors (Lipinski definition) is 2. The number of unbranched alkanes of at least 4 members (excludes halogenated alkanes) is 2. The Kier molecular flexibility index (Phi) is 7.18. The van der Waals surface area contributed by atoms with Crippen LogP contribution in [0.5, 0.6) is 0 Å². The van der Waals surface area contributed by atoms with Crippen molar-refractivity contribution in [2.24, 2.45) is 5.84 Å². The van der Waals surface area contributed by atoms with Crippen LogP contribution in [-0.2, 0) is 6.54 Å². The smallest absolute Gasteiger partial charge is 0.266 e. The molecular weight excluding hydrogens is 252 g/mol. The number of carbonyl (C=O) groups is 1. The number of nitrogen functional groups attached to an aromatic ring is 1. The molecule has 0 aliphatic heterocycles. The second-order valence-corrected chi connectivity index (χ2v) is 5.28. The minimum atomic E-state index is -0.312. The quantitative estimate of drug-likeness (QED) is 0.330. The van der Waals surface area contributed by atoms with Gasteiger partial charge in [-0.2, -0.15) is 0 Å². The van der Waals surface area contributed by atoms with Crippen LogP contribution in [0.1, 0.15) is 56.1 Å². The Hall–Kier alpha value is -1.46. The van der Waals surface area contributed by atoms with E-state index in [4.69, 9.17) is 5.84 Å². The molecule has 3 N–H and O–H groups in total. The van der Waals surface area contributed by atoms with Gasteiger partial charge in [-0.3, -0.25) is 20.1 Å². The molecule has 1 heterocycles. The van der Waals surface area contributed by atoms with Gasteiger partial charge in [-0.05, 0) is 38.9 Å². The SMILES string of the molecule is CCCCCN(Cc1ccc(C(=O)NN)cn1)C(C)C. The highest BCUT2D eigenvalue weighted by Crippen LogP contribution is 2.09. The van der Waals surface area contributed by atoms with Crippen molar-refractivity contribution in [2.45, 2.75) is 52.6 Å². The summed E-state index contributed by atoms with van der Waals surface area (Å²) in [5.74, 6) is 4.78. The predicted octanol–water partition coefficient (Wildman–Crippen LogP) is 2.09. The Morgan fingerprint density at radius 2 is 2.15 bits per heavy atom. The zero-order chi connectivity index (χ0) is 15.0. The number of nitrogens with two attached hydrogens (primary N) is 1. The van der Waals surface area contributed by atoms with E-state index in [0.29, 0.717) is 11.6 Å².